The first-order valence-electron chi connectivity index (χ1n) is 7.54. The Kier molecular flexibility index (Phi) is 3.87. The first-order chi connectivity index (χ1) is 10.6. The normalized spacial score (nSPS) is 14.4. The van der Waals surface area contributed by atoms with Gasteiger partial charge < -0.3 is 4.90 Å². The molecular formula is C15H20N6O. The van der Waals surface area contributed by atoms with E-state index in [4.69, 9.17) is 0 Å². The Morgan fingerprint density at radius 3 is 2.77 bits per heavy atom. The molecule has 0 bridgehead atoms. The molecule has 7 heteroatoms. The fraction of sp³-hybridized carbons (Fsp3) is 0.533. The second kappa shape index (κ2) is 5.82. The zero-order valence-corrected chi connectivity index (χ0v) is 13.1. The second-order valence-corrected chi connectivity index (χ2v) is 6.08. The molecule has 0 aliphatic heterocycles. The van der Waals surface area contributed by atoms with E-state index in [-0.39, 0.29) is 11.8 Å². The first kappa shape index (κ1) is 14.6. The average molecular weight is 300 g/mol. The van der Waals surface area contributed by atoms with Gasteiger partial charge in [-0.05, 0) is 18.8 Å². The summed E-state index contributed by atoms with van der Waals surface area (Å²) in [6.45, 7) is 4.87. The van der Waals surface area contributed by atoms with Crippen LogP contribution in [0.3, 0.4) is 0 Å². The number of amides is 1. The third kappa shape index (κ3) is 2.98. The molecule has 0 radical (unpaired) electrons. The van der Waals surface area contributed by atoms with Crippen LogP contribution in [0.25, 0.3) is 5.82 Å². The van der Waals surface area contributed by atoms with E-state index in [2.05, 4.69) is 20.1 Å². The van der Waals surface area contributed by atoms with E-state index >= 15 is 0 Å². The smallest absolute Gasteiger partial charge is 0.272 e. The van der Waals surface area contributed by atoms with Crippen molar-refractivity contribution < 1.29 is 4.79 Å². The zero-order chi connectivity index (χ0) is 15.7. The van der Waals surface area contributed by atoms with Crippen LogP contribution in [0.15, 0.2) is 18.7 Å². The Bertz CT molecular complexity index is 676. The molecule has 1 amide bonds. The maximum absolute atomic E-state index is 12.4. The zero-order valence-electron chi connectivity index (χ0n) is 13.1. The van der Waals surface area contributed by atoms with Crippen LogP contribution in [0.5, 0.6) is 0 Å². The third-order valence-electron chi connectivity index (χ3n) is 3.75. The van der Waals surface area contributed by atoms with Gasteiger partial charge >= 0.3 is 0 Å². The molecular weight excluding hydrogens is 280 g/mol. The summed E-state index contributed by atoms with van der Waals surface area (Å²) in [6.07, 6.45) is 5.32. The SMILES string of the molecule is CC(C)c1ncnn1-c1cc(C(=O)N(C)CC2CC2)ncn1. The monoisotopic (exact) mass is 300 g/mol. The van der Waals surface area contributed by atoms with E-state index in [1.807, 2.05) is 20.9 Å². The lowest BCUT2D eigenvalue weighted by atomic mass is 10.2. The van der Waals surface area contributed by atoms with E-state index in [9.17, 15) is 4.79 Å². The number of aromatic nitrogens is 5. The molecule has 1 aliphatic carbocycles. The quantitative estimate of drug-likeness (QED) is 0.839. The third-order valence-corrected chi connectivity index (χ3v) is 3.75. The van der Waals surface area contributed by atoms with Crippen LogP contribution in [-0.2, 0) is 0 Å². The summed E-state index contributed by atoms with van der Waals surface area (Å²) in [6, 6.07) is 1.67. The lowest BCUT2D eigenvalue weighted by molar-refractivity contribution is 0.0782. The van der Waals surface area contributed by atoms with Crippen LogP contribution in [0.1, 0.15) is 48.9 Å². The summed E-state index contributed by atoms with van der Waals surface area (Å²) in [5.41, 5.74) is 0.387. The van der Waals surface area contributed by atoms with Gasteiger partial charge in [0, 0.05) is 25.6 Å². The lowest BCUT2D eigenvalue weighted by Crippen LogP contribution is -2.29. The standard InChI is InChI=1S/C15H20N6O/c1-10(2)14-18-9-19-21(14)13-6-12(16-8-17-13)15(22)20(3)7-11-4-5-11/h6,8-11H,4-5,7H2,1-3H3. The number of carbonyl (C=O) groups excluding carboxylic acids is 1. The van der Waals surface area contributed by atoms with Crippen LogP contribution in [0.2, 0.25) is 0 Å². The predicted molar refractivity (Wildman–Crippen MR) is 80.7 cm³/mol. The molecule has 0 unspecified atom stereocenters. The summed E-state index contributed by atoms with van der Waals surface area (Å²) in [4.78, 5) is 26.7. The highest BCUT2D eigenvalue weighted by atomic mass is 16.2. The summed E-state index contributed by atoms with van der Waals surface area (Å²) in [5, 5.41) is 4.20. The molecule has 1 aliphatic rings. The van der Waals surface area contributed by atoms with Gasteiger partial charge in [0.05, 0.1) is 0 Å². The maximum Gasteiger partial charge on any atom is 0.272 e. The fourth-order valence-corrected chi connectivity index (χ4v) is 2.37. The van der Waals surface area contributed by atoms with Gasteiger partial charge in [0.2, 0.25) is 0 Å². The Labute approximate surface area is 129 Å². The largest absolute Gasteiger partial charge is 0.340 e. The summed E-state index contributed by atoms with van der Waals surface area (Å²) >= 11 is 0. The van der Waals surface area contributed by atoms with Crippen molar-refractivity contribution in [3.05, 3.63) is 30.2 Å². The van der Waals surface area contributed by atoms with Crippen LogP contribution in [0.4, 0.5) is 0 Å². The number of nitrogens with zero attached hydrogens (tertiary/aromatic N) is 6. The van der Waals surface area contributed by atoms with Crippen LogP contribution in [0, 0.1) is 5.92 Å². The molecule has 1 fully saturated rings. The van der Waals surface area contributed by atoms with Gasteiger partial charge in [-0.3, -0.25) is 4.79 Å². The highest BCUT2D eigenvalue weighted by Gasteiger charge is 2.26. The summed E-state index contributed by atoms with van der Waals surface area (Å²) < 4.78 is 1.66. The molecule has 2 aromatic heterocycles. The van der Waals surface area contributed by atoms with Crippen LogP contribution < -0.4 is 0 Å². The van der Waals surface area contributed by atoms with Gasteiger partial charge in [-0.25, -0.2) is 15.0 Å². The average Bonchev–Trinajstić information content (AvgIpc) is 3.18. The maximum atomic E-state index is 12.4. The van der Waals surface area contributed by atoms with Crippen molar-refractivity contribution in [2.75, 3.05) is 13.6 Å². The molecule has 0 N–H and O–H groups in total. The van der Waals surface area contributed by atoms with Crippen molar-refractivity contribution >= 4 is 5.91 Å². The van der Waals surface area contributed by atoms with Gasteiger partial charge in [0.15, 0.2) is 5.82 Å². The number of hydrogen-bond donors (Lipinski definition) is 0. The lowest BCUT2D eigenvalue weighted by Gasteiger charge is -2.16. The number of rotatable bonds is 5. The number of carbonyl (C=O) groups is 1. The topological polar surface area (TPSA) is 76.8 Å². The molecule has 3 rings (SSSR count). The molecule has 22 heavy (non-hydrogen) atoms. The van der Waals surface area contributed by atoms with Crippen molar-refractivity contribution in [3.8, 4) is 5.82 Å². The van der Waals surface area contributed by atoms with Crippen LogP contribution in [-0.4, -0.2) is 49.1 Å². The minimum absolute atomic E-state index is 0.0817. The Morgan fingerprint density at radius 1 is 1.32 bits per heavy atom. The highest BCUT2D eigenvalue weighted by Crippen LogP contribution is 2.29. The molecule has 0 atom stereocenters. The Hall–Kier alpha value is -2.31. The Morgan fingerprint density at radius 2 is 2.09 bits per heavy atom. The van der Waals surface area contributed by atoms with Crippen molar-refractivity contribution in [1.29, 1.82) is 0 Å². The molecule has 2 heterocycles. The predicted octanol–water partition coefficient (Wildman–Crippen LogP) is 1.66. The van der Waals surface area contributed by atoms with Crippen molar-refractivity contribution in [1.82, 2.24) is 29.6 Å². The van der Waals surface area contributed by atoms with Gasteiger partial charge in [-0.2, -0.15) is 9.78 Å². The van der Waals surface area contributed by atoms with Crippen molar-refractivity contribution in [2.24, 2.45) is 5.92 Å². The molecule has 2 aromatic rings. The summed E-state index contributed by atoms with van der Waals surface area (Å²) in [7, 11) is 1.82. The van der Waals surface area contributed by atoms with Gasteiger partial charge in [-0.1, -0.05) is 13.8 Å². The van der Waals surface area contributed by atoms with Crippen LogP contribution >= 0.6 is 0 Å². The van der Waals surface area contributed by atoms with Crippen molar-refractivity contribution in [3.63, 3.8) is 0 Å². The van der Waals surface area contributed by atoms with Gasteiger partial charge in [0.25, 0.3) is 5.91 Å². The molecule has 116 valence electrons. The first-order valence-corrected chi connectivity index (χ1v) is 7.54. The van der Waals surface area contributed by atoms with E-state index in [0.717, 1.165) is 12.4 Å². The molecule has 0 spiro atoms. The highest BCUT2D eigenvalue weighted by molar-refractivity contribution is 5.92. The molecule has 0 aromatic carbocycles. The molecule has 1 saturated carbocycles. The van der Waals surface area contributed by atoms with Gasteiger partial charge in [0.1, 0.15) is 24.2 Å². The van der Waals surface area contributed by atoms with E-state index < -0.39 is 0 Å². The van der Waals surface area contributed by atoms with E-state index in [1.165, 1.54) is 25.5 Å². The second-order valence-electron chi connectivity index (χ2n) is 6.08. The fourth-order valence-electron chi connectivity index (χ4n) is 2.37. The van der Waals surface area contributed by atoms with E-state index in [0.29, 0.717) is 17.4 Å². The molecule has 7 nitrogen and oxygen atoms in total. The van der Waals surface area contributed by atoms with Crippen molar-refractivity contribution in [2.45, 2.75) is 32.6 Å². The van der Waals surface area contributed by atoms with E-state index in [1.54, 1.807) is 15.6 Å². The van der Waals surface area contributed by atoms with Gasteiger partial charge in [-0.15, -0.1) is 0 Å². The Balaban J connectivity index is 1.85. The minimum Gasteiger partial charge on any atom is -0.340 e. The number of hydrogen-bond acceptors (Lipinski definition) is 5. The summed E-state index contributed by atoms with van der Waals surface area (Å²) in [5.74, 6) is 2.16. The molecule has 0 saturated heterocycles. The minimum atomic E-state index is -0.0817.